The fraction of sp³-hybridized carbons (Fsp3) is 0.300. The lowest BCUT2D eigenvalue weighted by Crippen LogP contribution is -2.36. The Morgan fingerprint density at radius 1 is 1.07 bits per heavy atom. The van der Waals surface area contributed by atoms with Gasteiger partial charge >= 0.3 is 6.03 Å². The van der Waals surface area contributed by atoms with E-state index in [1.54, 1.807) is 7.05 Å². The van der Waals surface area contributed by atoms with Crippen LogP contribution in [0.3, 0.4) is 0 Å². The molecule has 160 valence electrons. The normalized spacial score (nSPS) is 11.1. The van der Waals surface area contributed by atoms with Gasteiger partial charge in [-0.2, -0.15) is 0 Å². The number of benzene rings is 1. The molecule has 2 heterocycles. The third-order valence-electron chi connectivity index (χ3n) is 4.11. The molecule has 0 bridgehead atoms. The van der Waals surface area contributed by atoms with Gasteiger partial charge in [0.2, 0.25) is 0 Å². The summed E-state index contributed by atoms with van der Waals surface area (Å²) in [6, 6.07) is 13.3. The highest BCUT2D eigenvalue weighted by atomic mass is 127. The molecule has 0 saturated carbocycles. The molecule has 0 unspecified atom stereocenters. The van der Waals surface area contributed by atoms with Gasteiger partial charge in [0.15, 0.2) is 17.4 Å². The van der Waals surface area contributed by atoms with E-state index in [0.717, 1.165) is 22.7 Å². The maximum Gasteiger partial charge on any atom is 0.319 e. The number of pyridine rings is 1. The van der Waals surface area contributed by atoms with Crippen molar-refractivity contribution in [3.05, 3.63) is 60.0 Å². The van der Waals surface area contributed by atoms with Crippen LogP contribution in [0, 0.1) is 0 Å². The van der Waals surface area contributed by atoms with Crippen molar-refractivity contribution in [2.45, 2.75) is 33.0 Å². The molecule has 9 nitrogen and oxygen atoms in total. The van der Waals surface area contributed by atoms with Crippen LogP contribution in [-0.2, 0) is 13.1 Å². The molecule has 0 aliphatic heterocycles. The molecule has 2 amide bonds. The molecule has 4 N–H and O–H groups in total. The van der Waals surface area contributed by atoms with Crippen LogP contribution in [0.5, 0.6) is 0 Å². The third kappa shape index (κ3) is 6.58. The van der Waals surface area contributed by atoms with Gasteiger partial charge in [0.1, 0.15) is 0 Å². The average molecular weight is 522 g/mol. The van der Waals surface area contributed by atoms with Crippen LogP contribution in [-0.4, -0.2) is 39.7 Å². The number of rotatable bonds is 6. The Hall–Kier alpha value is -2.89. The summed E-state index contributed by atoms with van der Waals surface area (Å²) in [5, 5.41) is 20.4. The molecule has 1 aromatic carbocycles. The highest BCUT2D eigenvalue weighted by Crippen LogP contribution is 2.09. The second-order valence-electron chi connectivity index (χ2n) is 6.77. The van der Waals surface area contributed by atoms with Gasteiger partial charge in [0, 0.05) is 31.5 Å². The van der Waals surface area contributed by atoms with Crippen LogP contribution in [0.1, 0.15) is 25.2 Å². The van der Waals surface area contributed by atoms with Crippen molar-refractivity contribution in [1.82, 2.24) is 30.5 Å². The predicted octanol–water partition coefficient (Wildman–Crippen LogP) is 2.74. The number of hydrogen-bond acceptors (Lipinski definition) is 4. The molecule has 0 aliphatic rings. The third-order valence-corrected chi connectivity index (χ3v) is 4.11. The van der Waals surface area contributed by atoms with Gasteiger partial charge < -0.3 is 21.3 Å². The van der Waals surface area contributed by atoms with Crippen molar-refractivity contribution in [2.75, 3.05) is 12.4 Å². The highest BCUT2D eigenvalue weighted by Gasteiger charge is 2.06. The van der Waals surface area contributed by atoms with Gasteiger partial charge in [-0.1, -0.05) is 18.2 Å². The molecule has 0 atom stereocenters. The molecule has 0 spiro atoms. The zero-order chi connectivity index (χ0) is 20.6. The van der Waals surface area contributed by atoms with Gasteiger partial charge in [0.05, 0.1) is 6.54 Å². The first-order chi connectivity index (χ1) is 14.0. The maximum absolute atomic E-state index is 11.7. The van der Waals surface area contributed by atoms with Crippen LogP contribution in [0.25, 0.3) is 5.65 Å². The number of urea groups is 1. The maximum atomic E-state index is 11.7. The SMILES string of the molecule is CN=C(NCc1ccc(NC(=O)NC(C)C)cc1)NCc1nnc2ccccn12.I. The fourth-order valence-electron chi connectivity index (χ4n) is 2.72. The van der Waals surface area contributed by atoms with Crippen LogP contribution < -0.4 is 21.3 Å². The molecule has 0 fully saturated rings. The van der Waals surface area contributed by atoms with E-state index < -0.39 is 0 Å². The van der Waals surface area contributed by atoms with Crippen molar-refractivity contribution >= 4 is 47.3 Å². The number of nitrogens with zero attached hydrogens (tertiary/aromatic N) is 4. The van der Waals surface area contributed by atoms with Gasteiger partial charge in [-0.3, -0.25) is 9.39 Å². The summed E-state index contributed by atoms with van der Waals surface area (Å²) < 4.78 is 1.93. The van der Waals surface area contributed by atoms with Crippen molar-refractivity contribution in [1.29, 1.82) is 0 Å². The summed E-state index contributed by atoms with van der Waals surface area (Å²) in [5.41, 5.74) is 2.62. The van der Waals surface area contributed by atoms with E-state index in [-0.39, 0.29) is 36.0 Å². The van der Waals surface area contributed by atoms with Crippen LogP contribution in [0.4, 0.5) is 10.5 Å². The quantitative estimate of drug-likeness (QED) is 0.226. The molecular weight excluding hydrogens is 495 g/mol. The monoisotopic (exact) mass is 522 g/mol. The minimum atomic E-state index is -0.212. The molecule has 10 heteroatoms. The van der Waals surface area contributed by atoms with E-state index in [1.165, 1.54) is 0 Å². The van der Waals surface area contributed by atoms with E-state index in [4.69, 9.17) is 0 Å². The Bertz CT molecular complexity index is 984. The topological polar surface area (TPSA) is 108 Å². The number of carbonyl (C=O) groups excluding carboxylic acids is 1. The van der Waals surface area contributed by atoms with E-state index >= 15 is 0 Å². The van der Waals surface area contributed by atoms with E-state index in [0.29, 0.717) is 19.0 Å². The number of anilines is 1. The molecule has 3 rings (SSSR count). The number of guanidine groups is 1. The van der Waals surface area contributed by atoms with Crippen molar-refractivity contribution in [3.8, 4) is 0 Å². The van der Waals surface area contributed by atoms with Crippen LogP contribution >= 0.6 is 24.0 Å². The minimum absolute atomic E-state index is 0. The Balaban J connectivity index is 0.00000320. The lowest BCUT2D eigenvalue weighted by molar-refractivity contribution is 0.250. The zero-order valence-electron chi connectivity index (χ0n) is 17.2. The molecule has 30 heavy (non-hydrogen) atoms. The lowest BCUT2D eigenvalue weighted by atomic mass is 10.2. The molecule has 3 aromatic rings. The highest BCUT2D eigenvalue weighted by molar-refractivity contribution is 14.0. The number of nitrogens with one attached hydrogen (secondary N) is 4. The Morgan fingerprint density at radius 2 is 1.80 bits per heavy atom. The summed E-state index contributed by atoms with van der Waals surface area (Å²) in [6.45, 7) is 4.93. The molecule has 2 aromatic heterocycles. The number of hydrogen-bond donors (Lipinski definition) is 4. The van der Waals surface area contributed by atoms with E-state index in [2.05, 4.69) is 36.5 Å². The van der Waals surface area contributed by atoms with E-state index in [9.17, 15) is 4.79 Å². The largest absolute Gasteiger partial charge is 0.352 e. The second kappa shape index (κ2) is 11.3. The number of amides is 2. The van der Waals surface area contributed by atoms with Crippen molar-refractivity contribution in [2.24, 2.45) is 4.99 Å². The fourth-order valence-corrected chi connectivity index (χ4v) is 2.72. The Labute approximate surface area is 192 Å². The second-order valence-corrected chi connectivity index (χ2v) is 6.77. The number of halogens is 1. The van der Waals surface area contributed by atoms with Crippen molar-refractivity contribution < 1.29 is 4.79 Å². The first-order valence-electron chi connectivity index (χ1n) is 9.45. The molecule has 0 aliphatic carbocycles. The van der Waals surface area contributed by atoms with Crippen molar-refractivity contribution in [3.63, 3.8) is 0 Å². The lowest BCUT2D eigenvalue weighted by Gasteiger charge is -2.12. The number of aliphatic imine (C=N–C) groups is 1. The summed E-state index contributed by atoms with van der Waals surface area (Å²) in [5.74, 6) is 1.47. The van der Waals surface area contributed by atoms with Gasteiger partial charge in [-0.05, 0) is 43.7 Å². The minimum Gasteiger partial charge on any atom is -0.352 e. The number of fused-ring (bicyclic) bond motifs is 1. The molecule has 0 radical (unpaired) electrons. The summed E-state index contributed by atoms with van der Waals surface area (Å²) in [6.07, 6.45) is 1.93. The zero-order valence-corrected chi connectivity index (χ0v) is 19.5. The van der Waals surface area contributed by atoms with Gasteiger partial charge in [-0.15, -0.1) is 34.2 Å². The number of carbonyl (C=O) groups is 1. The Kier molecular flexibility index (Phi) is 8.84. The van der Waals surface area contributed by atoms with Crippen LogP contribution in [0.2, 0.25) is 0 Å². The first kappa shape index (κ1) is 23.4. The predicted molar refractivity (Wildman–Crippen MR) is 129 cm³/mol. The summed E-state index contributed by atoms with van der Waals surface area (Å²) >= 11 is 0. The van der Waals surface area contributed by atoms with Gasteiger partial charge in [0.25, 0.3) is 0 Å². The van der Waals surface area contributed by atoms with E-state index in [1.807, 2.05) is 66.9 Å². The summed E-state index contributed by atoms with van der Waals surface area (Å²) in [4.78, 5) is 16.0. The Morgan fingerprint density at radius 3 is 2.50 bits per heavy atom. The first-order valence-corrected chi connectivity index (χ1v) is 9.45. The molecule has 0 saturated heterocycles. The standard InChI is InChI=1S/C20H26N8O.HI/c1-14(2)24-20(29)25-16-9-7-15(8-10-16)12-22-19(21-3)23-13-18-27-26-17-6-4-5-11-28(17)18;/h4-11,14H,12-13H2,1-3H3,(H2,21,22,23)(H2,24,25,29);1H. The summed E-state index contributed by atoms with van der Waals surface area (Å²) in [7, 11) is 1.72. The van der Waals surface area contributed by atoms with Gasteiger partial charge in [-0.25, -0.2) is 4.79 Å². The van der Waals surface area contributed by atoms with Crippen LogP contribution in [0.15, 0.2) is 53.7 Å². The number of aromatic nitrogens is 3. The molecular formula is C20H27IN8O. The smallest absolute Gasteiger partial charge is 0.319 e. The average Bonchev–Trinajstić information content (AvgIpc) is 3.12.